The summed E-state index contributed by atoms with van der Waals surface area (Å²) in [7, 11) is 0. The van der Waals surface area contributed by atoms with Gasteiger partial charge in [-0.05, 0) is 37.7 Å². The van der Waals surface area contributed by atoms with Crippen LogP contribution >= 0.6 is 12.4 Å². The zero-order valence-electron chi connectivity index (χ0n) is 13.4. The van der Waals surface area contributed by atoms with Gasteiger partial charge >= 0.3 is 0 Å². The predicted octanol–water partition coefficient (Wildman–Crippen LogP) is 3.60. The number of amides is 1. The summed E-state index contributed by atoms with van der Waals surface area (Å²) in [6, 6.07) is 10.6. The van der Waals surface area contributed by atoms with Crippen molar-refractivity contribution in [1.29, 1.82) is 0 Å². The Bertz CT molecular complexity index is 430. The van der Waals surface area contributed by atoms with Gasteiger partial charge in [0, 0.05) is 6.54 Å². The lowest BCUT2D eigenvalue weighted by molar-refractivity contribution is -0.127. The van der Waals surface area contributed by atoms with Crippen molar-refractivity contribution < 1.29 is 4.79 Å². The maximum absolute atomic E-state index is 12.1. The molecule has 1 saturated carbocycles. The molecule has 3 nitrogen and oxygen atoms in total. The highest BCUT2D eigenvalue weighted by Gasteiger charge is 2.34. The van der Waals surface area contributed by atoms with Crippen LogP contribution in [0.2, 0.25) is 0 Å². The van der Waals surface area contributed by atoms with Gasteiger partial charge in [0.2, 0.25) is 5.91 Å². The molecule has 1 aromatic carbocycles. The van der Waals surface area contributed by atoms with E-state index in [2.05, 4.69) is 29.6 Å². The molecule has 0 heterocycles. The van der Waals surface area contributed by atoms with Crippen LogP contribution in [0.15, 0.2) is 30.3 Å². The molecule has 124 valence electrons. The molecule has 0 saturated heterocycles. The lowest BCUT2D eigenvalue weighted by Crippen LogP contribution is -2.55. The van der Waals surface area contributed by atoms with E-state index in [0.29, 0.717) is 0 Å². The number of hydrogen-bond acceptors (Lipinski definition) is 2. The molecule has 22 heavy (non-hydrogen) atoms. The van der Waals surface area contributed by atoms with Crippen molar-refractivity contribution >= 4 is 18.3 Å². The van der Waals surface area contributed by atoms with Crippen LogP contribution in [0.3, 0.4) is 0 Å². The summed E-state index contributed by atoms with van der Waals surface area (Å²) in [5.74, 6) is 0.0604. The fraction of sp³-hybridized carbons (Fsp3) is 0.611. The normalized spacial score (nSPS) is 16.6. The summed E-state index contributed by atoms with van der Waals surface area (Å²) in [4.78, 5) is 12.1. The molecular weight excluding hydrogens is 296 g/mol. The third-order valence-corrected chi connectivity index (χ3v) is 4.47. The van der Waals surface area contributed by atoms with Crippen LogP contribution < -0.4 is 11.1 Å². The zero-order chi connectivity index (χ0) is 15.0. The minimum absolute atomic E-state index is 0. The first-order valence-corrected chi connectivity index (χ1v) is 8.32. The minimum Gasteiger partial charge on any atom is -0.355 e. The fourth-order valence-electron chi connectivity index (χ4n) is 3.06. The topological polar surface area (TPSA) is 55.1 Å². The number of hydrogen-bond donors (Lipinski definition) is 2. The number of aryl methyl sites for hydroxylation is 1. The second-order valence-electron chi connectivity index (χ2n) is 6.27. The Hall–Kier alpha value is -1.06. The van der Waals surface area contributed by atoms with Crippen LogP contribution in [0, 0.1) is 0 Å². The number of rotatable bonds is 7. The van der Waals surface area contributed by atoms with E-state index in [-0.39, 0.29) is 18.3 Å². The van der Waals surface area contributed by atoms with E-state index in [4.69, 9.17) is 5.73 Å². The SMILES string of the molecule is Cl.NC1(C(=O)NCCCCCc2ccccc2)CCCCC1. The van der Waals surface area contributed by atoms with Crippen LogP contribution in [0.4, 0.5) is 0 Å². The first-order valence-electron chi connectivity index (χ1n) is 8.32. The smallest absolute Gasteiger partial charge is 0.240 e. The second-order valence-corrected chi connectivity index (χ2v) is 6.27. The minimum atomic E-state index is -0.595. The van der Waals surface area contributed by atoms with E-state index < -0.39 is 5.54 Å². The maximum atomic E-state index is 12.1. The lowest BCUT2D eigenvalue weighted by atomic mass is 9.82. The summed E-state index contributed by atoms with van der Waals surface area (Å²) in [5.41, 5.74) is 7.01. The molecule has 2 rings (SSSR count). The van der Waals surface area contributed by atoms with E-state index in [1.807, 2.05) is 6.07 Å². The standard InChI is InChI=1S/C18H28N2O.ClH/c19-18(13-7-3-8-14-18)17(21)20-15-9-2-6-12-16-10-4-1-5-11-16;/h1,4-5,10-11H,2-3,6-9,12-15,19H2,(H,20,21);1H. The van der Waals surface area contributed by atoms with Crippen molar-refractivity contribution in [1.82, 2.24) is 5.32 Å². The molecule has 1 aliphatic carbocycles. The molecule has 0 unspecified atom stereocenters. The number of halogens is 1. The summed E-state index contributed by atoms with van der Waals surface area (Å²) >= 11 is 0. The number of nitrogens with two attached hydrogens (primary N) is 1. The summed E-state index contributed by atoms with van der Waals surface area (Å²) < 4.78 is 0. The monoisotopic (exact) mass is 324 g/mol. The van der Waals surface area contributed by atoms with Gasteiger partial charge in [0.1, 0.15) is 0 Å². The van der Waals surface area contributed by atoms with Crippen molar-refractivity contribution in [2.45, 2.75) is 63.3 Å². The molecule has 0 bridgehead atoms. The fourth-order valence-corrected chi connectivity index (χ4v) is 3.06. The molecule has 0 radical (unpaired) electrons. The average Bonchev–Trinajstić information content (AvgIpc) is 2.52. The van der Waals surface area contributed by atoms with Crippen LogP contribution in [0.25, 0.3) is 0 Å². The van der Waals surface area contributed by atoms with Crippen molar-refractivity contribution in [2.24, 2.45) is 5.73 Å². The Kier molecular flexibility index (Phi) is 8.51. The van der Waals surface area contributed by atoms with E-state index in [0.717, 1.165) is 51.5 Å². The number of nitrogens with one attached hydrogen (secondary N) is 1. The summed E-state index contributed by atoms with van der Waals surface area (Å²) in [5, 5.41) is 3.03. The third kappa shape index (κ3) is 5.98. The molecule has 0 spiro atoms. The molecule has 0 aliphatic heterocycles. The molecule has 1 amide bonds. The first-order chi connectivity index (χ1) is 10.2. The zero-order valence-corrected chi connectivity index (χ0v) is 14.2. The van der Waals surface area contributed by atoms with Crippen LogP contribution in [-0.4, -0.2) is 18.0 Å². The Labute approximate surface area is 140 Å². The largest absolute Gasteiger partial charge is 0.355 e. The average molecular weight is 325 g/mol. The molecule has 4 heteroatoms. The van der Waals surface area contributed by atoms with Gasteiger partial charge in [-0.2, -0.15) is 0 Å². The van der Waals surface area contributed by atoms with Gasteiger partial charge in [-0.3, -0.25) is 4.79 Å². The van der Waals surface area contributed by atoms with Gasteiger partial charge < -0.3 is 11.1 Å². The summed E-state index contributed by atoms with van der Waals surface area (Å²) in [6.45, 7) is 0.757. The number of carbonyl (C=O) groups excluding carboxylic acids is 1. The van der Waals surface area contributed by atoms with Gasteiger partial charge in [-0.1, -0.05) is 56.0 Å². The maximum Gasteiger partial charge on any atom is 0.240 e. The van der Waals surface area contributed by atoms with Gasteiger partial charge in [0.25, 0.3) is 0 Å². The van der Waals surface area contributed by atoms with E-state index in [1.165, 1.54) is 18.4 Å². The Morgan fingerprint density at radius 1 is 1.05 bits per heavy atom. The first kappa shape index (κ1) is 19.0. The van der Waals surface area contributed by atoms with Crippen molar-refractivity contribution in [3.63, 3.8) is 0 Å². The van der Waals surface area contributed by atoms with Gasteiger partial charge in [0.05, 0.1) is 5.54 Å². The van der Waals surface area contributed by atoms with E-state index >= 15 is 0 Å². The third-order valence-electron chi connectivity index (χ3n) is 4.47. The lowest BCUT2D eigenvalue weighted by Gasteiger charge is -2.31. The van der Waals surface area contributed by atoms with Crippen LogP contribution in [0.1, 0.15) is 56.9 Å². The second kappa shape index (κ2) is 9.86. The molecular formula is C18H29ClN2O. The molecule has 3 N–H and O–H groups in total. The molecule has 1 aliphatic rings. The highest BCUT2D eigenvalue weighted by Crippen LogP contribution is 2.25. The van der Waals surface area contributed by atoms with E-state index in [1.54, 1.807) is 0 Å². The number of carbonyl (C=O) groups is 1. The predicted molar refractivity (Wildman–Crippen MR) is 94.3 cm³/mol. The van der Waals surface area contributed by atoms with Gasteiger partial charge in [0.15, 0.2) is 0 Å². The molecule has 0 atom stereocenters. The highest BCUT2D eigenvalue weighted by molar-refractivity contribution is 5.86. The molecule has 0 aromatic heterocycles. The van der Waals surface area contributed by atoms with Gasteiger partial charge in [-0.15, -0.1) is 12.4 Å². The van der Waals surface area contributed by atoms with Crippen molar-refractivity contribution in [3.05, 3.63) is 35.9 Å². The highest BCUT2D eigenvalue weighted by atomic mass is 35.5. The van der Waals surface area contributed by atoms with Crippen molar-refractivity contribution in [3.8, 4) is 0 Å². The van der Waals surface area contributed by atoms with Gasteiger partial charge in [-0.25, -0.2) is 0 Å². The van der Waals surface area contributed by atoms with E-state index in [9.17, 15) is 4.79 Å². The Morgan fingerprint density at radius 3 is 2.41 bits per heavy atom. The quantitative estimate of drug-likeness (QED) is 0.753. The van der Waals surface area contributed by atoms with Crippen LogP contribution in [0.5, 0.6) is 0 Å². The Morgan fingerprint density at radius 2 is 1.73 bits per heavy atom. The number of benzene rings is 1. The van der Waals surface area contributed by atoms with Crippen molar-refractivity contribution in [2.75, 3.05) is 6.54 Å². The number of unbranched alkanes of at least 4 members (excludes halogenated alkanes) is 2. The Balaban J connectivity index is 0.00000242. The van der Waals surface area contributed by atoms with Crippen LogP contribution in [-0.2, 0) is 11.2 Å². The molecule has 1 fully saturated rings. The summed E-state index contributed by atoms with van der Waals surface area (Å²) in [6.07, 6.45) is 9.54. The molecule has 1 aromatic rings.